The SMILES string of the molecule is CN1CCCC1C[C@H](CF)NC1NCC2CC(C#N)NC2C1Br. The van der Waals surface area contributed by atoms with Crippen LogP contribution in [-0.2, 0) is 0 Å². The maximum Gasteiger partial charge on any atom is 0.105 e. The number of halogens is 2. The van der Waals surface area contributed by atoms with Crippen molar-refractivity contribution >= 4 is 15.9 Å². The summed E-state index contributed by atoms with van der Waals surface area (Å²) < 4.78 is 13.5. The Morgan fingerprint density at radius 1 is 1.52 bits per heavy atom. The highest BCUT2D eigenvalue weighted by Gasteiger charge is 2.44. The Hall–Kier alpha value is -0.260. The van der Waals surface area contributed by atoms with Gasteiger partial charge in [0.15, 0.2) is 0 Å². The zero-order valence-corrected chi connectivity index (χ0v) is 15.2. The Morgan fingerprint density at radius 3 is 3.00 bits per heavy atom. The van der Waals surface area contributed by atoms with Crippen LogP contribution in [0.4, 0.5) is 4.39 Å². The molecule has 0 aromatic heterocycles. The summed E-state index contributed by atoms with van der Waals surface area (Å²) in [6, 6.07) is 2.89. The van der Waals surface area contributed by atoms with Crippen molar-refractivity contribution in [2.75, 3.05) is 26.8 Å². The normalized spacial score (nSPS) is 42.3. The summed E-state index contributed by atoms with van der Waals surface area (Å²) in [5, 5.41) is 19.5. The van der Waals surface area contributed by atoms with Gasteiger partial charge in [-0.1, -0.05) is 15.9 Å². The highest BCUT2D eigenvalue weighted by atomic mass is 79.9. The van der Waals surface area contributed by atoms with Gasteiger partial charge in [-0.2, -0.15) is 5.26 Å². The molecule has 0 aromatic rings. The van der Waals surface area contributed by atoms with E-state index in [1.54, 1.807) is 0 Å². The first kappa shape index (κ1) is 17.6. The van der Waals surface area contributed by atoms with E-state index in [1.807, 2.05) is 0 Å². The highest BCUT2D eigenvalue weighted by Crippen LogP contribution is 2.30. The molecule has 0 aromatic carbocycles. The van der Waals surface area contributed by atoms with Gasteiger partial charge in [0.1, 0.15) is 6.67 Å². The van der Waals surface area contributed by atoms with Crippen LogP contribution in [0.2, 0.25) is 0 Å². The number of likely N-dealkylation sites (tertiary alicyclic amines) is 1. The van der Waals surface area contributed by atoms with Crippen molar-refractivity contribution in [2.45, 2.75) is 60.8 Å². The molecule has 3 aliphatic heterocycles. The maximum atomic E-state index is 13.5. The van der Waals surface area contributed by atoms with Crippen LogP contribution in [-0.4, -0.2) is 66.9 Å². The average Bonchev–Trinajstić information content (AvgIpc) is 3.15. The van der Waals surface area contributed by atoms with Gasteiger partial charge < -0.3 is 10.2 Å². The summed E-state index contributed by atoms with van der Waals surface area (Å²) in [5.74, 6) is 0.465. The fraction of sp³-hybridized carbons (Fsp3) is 0.938. The number of nitrogens with zero attached hydrogens (tertiary/aromatic N) is 2. The molecule has 3 rings (SSSR count). The van der Waals surface area contributed by atoms with E-state index >= 15 is 0 Å². The Balaban J connectivity index is 1.55. The van der Waals surface area contributed by atoms with Crippen molar-refractivity contribution in [3.63, 3.8) is 0 Å². The fourth-order valence-corrected chi connectivity index (χ4v) is 5.25. The first-order chi connectivity index (χ1) is 11.1. The van der Waals surface area contributed by atoms with Gasteiger partial charge in [-0.15, -0.1) is 0 Å². The molecular weight excluding hydrogens is 361 g/mol. The molecule has 0 radical (unpaired) electrons. The average molecular weight is 388 g/mol. The first-order valence-corrected chi connectivity index (χ1v) is 9.59. The second kappa shape index (κ2) is 7.75. The summed E-state index contributed by atoms with van der Waals surface area (Å²) >= 11 is 3.77. The van der Waals surface area contributed by atoms with Gasteiger partial charge in [0.25, 0.3) is 0 Å². The topological polar surface area (TPSA) is 63.1 Å². The van der Waals surface area contributed by atoms with Gasteiger partial charge in [-0.25, -0.2) is 4.39 Å². The van der Waals surface area contributed by atoms with Crippen LogP contribution in [0.1, 0.15) is 25.7 Å². The van der Waals surface area contributed by atoms with E-state index < -0.39 is 0 Å². The van der Waals surface area contributed by atoms with Crippen LogP contribution >= 0.6 is 15.9 Å². The molecule has 3 fully saturated rings. The van der Waals surface area contributed by atoms with E-state index in [-0.39, 0.29) is 35.8 Å². The first-order valence-electron chi connectivity index (χ1n) is 8.67. The third-order valence-corrected chi connectivity index (χ3v) is 6.79. The van der Waals surface area contributed by atoms with Gasteiger partial charge in [-0.05, 0) is 45.2 Å². The van der Waals surface area contributed by atoms with Crippen LogP contribution in [0.5, 0.6) is 0 Å². The lowest BCUT2D eigenvalue weighted by Gasteiger charge is -2.40. The van der Waals surface area contributed by atoms with Crippen molar-refractivity contribution in [1.29, 1.82) is 5.26 Å². The molecule has 3 aliphatic rings. The minimum Gasteiger partial charge on any atom is -0.303 e. The van der Waals surface area contributed by atoms with Gasteiger partial charge in [-0.3, -0.25) is 10.6 Å². The number of nitriles is 1. The van der Waals surface area contributed by atoms with Gasteiger partial charge >= 0.3 is 0 Å². The van der Waals surface area contributed by atoms with Crippen LogP contribution in [0.15, 0.2) is 0 Å². The standard InChI is InChI=1S/C16H27BrFN5/c1-23-4-2-3-13(23)6-11(7-18)22-16-14(17)15-10(9-20-16)5-12(8-19)21-15/h10-16,20-22H,2-7,9H2,1H3/t10?,11-,12?,13?,14?,15?,16?/m1/s1. The Morgan fingerprint density at radius 2 is 2.35 bits per heavy atom. The maximum absolute atomic E-state index is 13.5. The van der Waals surface area contributed by atoms with Crippen LogP contribution in [0.25, 0.3) is 0 Å². The summed E-state index contributed by atoms with van der Waals surface area (Å²) in [6.07, 6.45) is 4.16. The van der Waals surface area contributed by atoms with Crippen LogP contribution < -0.4 is 16.0 Å². The molecule has 5 nitrogen and oxygen atoms in total. The molecule has 7 heteroatoms. The largest absolute Gasteiger partial charge is 0.303 e. The number of fused-ring (bicyclic) bond motifs is 1. The number of hydrogen-bond donors (Lipinski definition) is 3. The summed E-state index contributed by atoms with van der Waals surface area (Å²) in [7, 11) is 2.13. The minimum absolute atomic E-state index is 0.0358. The molecule has 0 bridgehead atoms. The third kappa shape index (κ3) is 3.88. The number of alkyl halides is 2. The summed E-state index contributed by atoms with van der Waals surface area (Å²) in [4.78, 5) is 2.51. The second-order valence-corrected chi connectivity index (χ2v) is 8.29. The van der Waals surface area contributed by atoms with Crippen LogP contribution in [0, 0.1) is 17.2 Å². The number of rotatable bonds is 5. The second-order valence-electron chi connectivity index (χ2n) is 7.23. The summed E-state index contributed by atoms with van der Waals surface area (Å²) in [5.41, 5.74) is 0. The van der Waals surface area contributed by atoms with Crippen LogP contribution in [0.3, 0.4) is 0 Å². The lowest BCUT2D eigenvalue weighted by Crippen LogP contribution is -2.64. The number of hydrogen-bond acceptors (Lipinski definition) is 5. The minimum atomic E-state index is -0.343. The third-order valence-electron chi connectivity index (χ3n) is 5.69. The zero-order chi connectivity index (χ0) is 16.4. The molecule has 7 atom stereocenters. The number of nitrogens with one attached hydrogen (secondary N) is 3. The molecule has 3 saturated heterocycles. The van der Waals surface area contributed by atoms with E-state index in [0.29, 0.717) is 12.0 Å². The molecule has 3 N–H and O–H groups in total. The van der Waals surface area contributed by atoms with E-state index in [9.17, 15) is 4.39 Å². The molecule has 0 amide bonds. The lowest BCUT2D eigenvalue weighted by molar-refractivity contribution is 0.202. The van der Waals surface area contributed by atoms with E-state index in [0.717, 1.165) is 25.9 Å². The highest BCUT2D eigenvalue weighted by molar-refractivity contribution is 9.09. The molecule has 6 unspecified atom stereocenters. The molecular formula is C16H27BrFN5. The number of piperidine rings is 1. The molecule has 0 spiro atoms. The Kier molecular flexibility index (Phi) is 5.92. The zero-order valence-electron chi connectivity index (χ0n) is 13.6. The van der Waals surface area contributed by atoms with Crippen molar-refractivity contribution in [3.8, 4) is 6.07 Å². The van der Waals surface area contributed by atoms with E-state index in [4.69, 9.17) is 5.26 Å². The Labute approximate surface area is 146 Å². The van der Waals surface area contributed by atoms with Crippen molar-refractivity contribution in [1.82, 2.24) is 20.9 Å². The quantitative estimate of drug-likeness (QED) is 0.613. The van der Waals surface area contributed by atoms with Gasteiger partial charge in [0.2, 0.25) is 0 Å². The summed E-state index contributed by atoms with van der Waals surface area (Å²) in [6.45, 7) is 1.65. The predicted octanol–water partition coefficient (Wildman–Crippen LogP) is 0.961. The van der Waals surface area contributed by atoms with Gasteiger partial charge in [0, 0.05) is 24.7 Å². The van der Waals surface area contributed by atoms with Gasteiger partial charge in [0.05, 0.1) is 23.1 Å². The molecule has 0 saturated carbocycles. The van der Waals surface area contributed by atoms with E-state index in [1.165, 1.54) is 12.8 Å². The fourth-order valence-electron chi connectivity index (χ4n) is 4.32. The molecule has 0 aliphatic carbocycles. The predicted molar refractivity (Wildman–Crippen MR) is 92.1 cm³/mol. The monoisotopic (exact) mass is 387 g/mol. The Bertz CT molecular complexity index is 445. The molecule has 23 heavy (non-hydrogen) atoms. The van der Waals surface area contributed by atoms with E-state index in [2.05, 4.69) is 49.9 Å². The van der Waals surface area contributed by atoms with Crippen molar-refractivity contribution < 1.29 is 4.39 Å². The molecule has 3 heterocycles. The van der Waals surface area contributed by atoms with Crippen molar-refractivity contribution in [2.24, 2.45) is 5.92 Å². The lowest BCUT2D eigenvalue weighted by atomic mass is 9.91. The molecule has 130 valence electrons. The smallest absolute Gasteiger partial charge is 0.105 e. The van der Waals surface area contributed by atoms with Crippen molar-refractivity contribution in [3.05, 3.63) is 0 Å².